The molecular formula is C14H14N2O. The van der Waals surface area contributed by atoms with E-state index >= 15 is 0 Å². The maximum Gasteiger partial charge on any atom is 0.154 e. The van der Waals surface area contributed by atoms with Gasteiger partial charge in [0.15, 0.2) is 5.82 Å². The fourth-order valence-electron chi connectivity index (χ4n) is 1.47. The Balaban J connectivity index is 2.23. The van der Waals surface area contributed by atoms with Gasteiger partial charge in [-0.05, 0) is 36.2 Å². The molecule has 0 amide bonds. The zero-order chi connectivity index (χ0) is 12.1. The normalized spacial score (nSPS) is 10.7. The van der Waals surface area contributed by atoms with Crippen LogP contribution in [-0.4, -0.2) is 18.3 Å². The number of hydrogen-bond donors (Lipinski definition) is 0. The first-order valence-electron chi connectivity index (χ1n) is 5.39. The lowest BCUT2D eigenvalue weighted by atomic mass is 10.2. The van der Waals surface area contributed by atoms with Crippen molar-refractivity contribution < 1.29 is 4.74 Å². The Labute approximate surface area is 101 Å². The summed E-state index contributed by atoms with van der Waals surface area (Å²) in [5.41, 5.74) is 2.06. The third kappa shape index (κ3) is 2.91. The van der Waals surface area contributed by atoms with Gasteiger partial charge in [-0.2, -0.15) is 0 Å². The van der Waals surface area contributed by atoms with Gasteiger partial charge in [-0.1, -0.05) is 18.2 Å². The monoisotopic (exact) mass is 226 g/mol. The van der Waals surface area contributed by atoms with Crippen LogP contribution < -0.4 is 4.74 Å². The average molecular weight is 226 g/mol. The largest absolute Gasteiger partial charge is 0.497 e. The fourth-order valence-corrected chi connectivity index (χ4v) is 1.47. The minimum atomic E-state index is 0.746. The number of benzene rings is 1. The van der Waals surface area contributed by atoms with E-state index in [-0.39, 0.29) is 0 Å². The van der Waals surface area contributed by atoms with Gasteiger partial charge in [-0.15, -0.1) is 0 Å². The predicted octanol–water partition coefficient (Wildman–Crippen LogP) is 3.15. The van der Waals surface area contributed by atoms with Crippen molar-refractivity contribution in [1.82, 2.24) is 4.98 Å². The molecule has 0 spiro atoms. The van der Waals surface area contributed by atoms with E-state index in [1.54, 1.807) is 19.5 Å². The first-order valence-corrected chi connectivity index (χ1v) is 5.39. The predicted molar refractivity (Wildman–Crippen MR) is 69.2 cm³/mol. The van der Waals surface area contributed by atoms with E-state index in [2.05, 4.69) is 9.98 Å². The summed E-state index contributed by atoms with van der Waals surface area (Å²) in [6.45, 7) is 1.99. The minimum absolute atomic E-state index is 0.746. The van der Waals surface area contributed by atoms with Crippen LogP contribution in [0.3, 0.4) is 0 Å². The molecule has 0 bridgehead atoms. The van der Waals surface area contributed by atoms with Gasteiger partial charge in [0.25, 0.3) is 0 Å². The van der Waals surface area contributed by atoms with Gasteiger partial charge in [0.1, 0.15) is 5.75 Å². The van der Waals surface area contributed by atoms with Gasteiger partial charge in [0.2, 0.25) is 0 Å². The van der Waals surface area contributed by atoms with Crippen molar-refractivity contribution in [2.45, 2.75) is 6.92 Å². The molecule has 0 unspecified atom stereocenters. The molecule has 17 heavy (non-hydrogen) atoms. The smallest absolute Gasteiger partial charge is 0.154 e. The highest BCUT2D eigenvalue weighted by molar-refractivity contribution is 5.82. The van der Waals surface area contributed by atoms with Gasteiger partial charge >= 0.3 is 0 Å². The Bertz CT molecular complexity index is 535. The van der Waals surface area contributed by atoms with Crippen molar-refractivity contribution in [2.24, 2.45) is 4.99 Å². The molecule has 0 aliphatic rings. The molecular weight excluding hydrogens is 212 g/mol. The third-order valence-corrected chi connectivity index (χ3v) is 2.41. The van der Waals surface area contributed by atoms with Crippen molar-refractivity contribution >= 4 is 12.0 Å². The Morgan fingerprint density at radius 2 is 2.12 bits per heavy atom. The number of hydrogen-bond acceptors (Lipinski definition) is 3. The Kier molecular flexibility index (Phi) is 3.50. The highest BCUT2D eigenvalue weighted by Crippen LogP contribution is 2.15. The van der Waals surface area contributed by atoms with E-state index in [9.17, 15) is 0 Å². The molecule has 1 heterocycles. The summed E-state index contributed by atoms with van der Waals surface area (Å²) in [6, 6.07) is 11.6. The minimum Gasteiger partial charge on any atom is -0.497 e. The van der Waals surface area contributed by atoms with Crippen LogP contribution in [0.25, 0.3) is 0 Å². The molecule has 2 aromatic rings. The molecule has 0 atom stereocenters. The van der Waals surface area contributed by atoms with Gasteiger partial charge in [-0.3, -0.25) is 0 Å². The first kappa shape index (κ1) is 11.3. The lowest BCUT2D eigenvalue weighted by Gasteiger charge is -2.00. The second-order valence-corrected chi connectivity index (χ2v) is 3.68. The fraction of sp³-hybridized carbons (Fsp3) is 0.143. The van der Waals surface area contributed by atoms with Crippen molar-refractivity contribution in [3.05, 3.63) is 53.7 Å². The van der Waals surface area contributed by atoms with Crippen LogP contribution in [0.1, 0.15) is 11.1 Å². The SMILES string of the molecule is COc1cccc(/C=N/c2ncccc2C)c1. The standard InChI is InChI=1S/C14H14N2O/c1-11-5-4-8-15-14(11)16-10-12-6-3-7-13(9-12)17-2/h3-10H,1-2H3/b16-10+. The molecule has 3 nitrogen and oxygen atoms in total. The van der Waals surface area contributed by atoms with Crippen LogP contribution in [0.2, 0.25) is 0 Å². The molecule has 0 saturated heterocycles. The number of ether oxygens (including phenoxy) is 1. The highest BCUT2D eigenvalue weighted by Gasteiger charge is 1.95. The van der Waals surface area contributed by atoms with Gasteiger partial charge in [-0.25, -0.2) is 9.98 Å². The topological polar surface area (TPSA) is 34.5 Å². The summed E-state index contributed by atoms with van der Waals surface area (Å²) in [5, 5.41) is 0. The molecule has 0 N–H and O–H groups in total. The third-order valence-electron chi connectivity index (χ3n) is 2.41. The molecule has 2 rings (SSSR count). The summed E-state index contributed by atoms with van der Waals surface area (Å²) >= 11 is 0. The number of rotatable bonds is 3. The summed E-state index contributed by atoms with van der Waals surface area (Å²) in [6.07, 6.45) is 3.53. The molecule has 0 fully saturated rings. The van der Waals surface area contributed by atoms with Crippen LogP contribution in [0.4, 0.5) is 5.82 Å². The zero-order valence-corrected chi connectivity index (χ0v) is 9.92. The first-order chi connectivity index (χ1) is 8.29. The molecule has 0 aliphatic heterocycles. The maximum atomic E-state index is 5.15. The highest BCUT2D eigenvalue weighted by atomic mass is 16.5. The Morgan fingerprint density at radius 3 is 2.88 bits per heavy atom. The van der Waals surface area contributed by atoms with Crippen LogP contribution >= 0.6 is 0 Å². The Morgan fingerprint density at radius 1 is 1.24 bits per heavy atom. The average Bonchev–Trinajstić information content (AvgIpc) is 2.38. The number of nitrogens with zero attached hydrogens (tertiary/aromatic N) is 2. The number of pyridine rings is 1. The van der Waals surface area contributed by atoms with E-state index in [0.29, 0.717) is 0 Å². The van der Waals surface area contributed by atoms with E-state index in [1.165, 1.54) is 0 Å². The maximum absolute atomic E-state index is 5.15. The number of aliphatic imine (C=N–C) groups is 1. The quantitative estimate of drug-likeness (QED) is 0.753. The van der Waals surface area contributed by atoms with Crippen LogP contribution in [0.5, 0.6) is 5.75 Å². The second kappa shape index (κ2) is 5.25. The molecule has 1 aromatic carbocycles. The van der Waals surface area contributed by atoms with Crippen LogP contribution in [-0.2, 0) is 0 Å². The zero-order valence-electron chi connectivity index (χ0n) is 9.92. The number of aryl methyl sites for hydroxylation is 1. The lowest BCUT2D eigenvalue weighted by molar-refractivity contribution is 0.415. The van der Waals surface area contributed by atoms with Gasteiger partial charge in [0, 0.05) is 12.4 Å². The molecule has 0 aliphatic carbocycles. The summed E-state index contributed by atoms with van der Waals surface area (Å²) in [4.78, 5) is 8.57. The van der Waals surface area contributed by atoms with Gasteiger partial charge < -0.3 is 4.74 Å². The molecule has 1 aromatic heterocycles. The van der Waals surface area contributed by atoms with Crippen molar-refractivity contribution in [2.75, 3.05) is 7.11 Å². The van der Waals surface area contributed by atoms with Crippen molar-refractivity contribution in [3.63, 3.8) is 0 Å². The lowest BCUT2D eigenvalue weighted by Crippen LogP contribution is -1.86. The van der Waals surface area contributed by atoms with Crippen LogP contribution in [0, 0.1) is 6.92 Å². The Hall–Kier alpha value is -2.16. The molecule has 0 radical (unpaired) electrons. The van der Waals surface area contributed by atoms with Gasteiger partial charge in [0.05, 0.1) is 7.11 Å². The van der Waals surface area contributed by atoms with E-state index in [1.807, 2.05) is 43.3 Å². The summed E-state index contributed by atoms with van der Waals surface area (Å²) in [7, 11) is 1.65. The number of methoxy groups -OCH3 is 1. The molecule has 0 saturated carbocycles. The summed E-state index contributed by atoms with van der Waals surface area (Å²) < 4.78 is 5.15. The van der Waals surface area contributed by atoms with E-state index in [4.69, 9.17) is 4.74 Å². The van der Waals surface area contributed by atoms with Crippen molar-refractivity contribution in [3.8, 4) is 5.75 Å². The summed E-state index contributed by atoms with van der Waals surface area (Å²) in [5.74, 6) is 1.57. The molecule has 3 heteroatoms. The second-order valence-electron chi connectivity index (χ2n) is 3.68. The van der Waals surface area contributed by atoms with Crippen LogP contribution in [0.15, 0.2) is 47.6 Å². The van der Waals surface area contributed by atoms with E-state index < -0.39 is 0 Å². The van der Waals surface area contributed by atoms with Crippen molar-refractivity contribution in [1.29, 1.82) is 0 Å². The number of aromatic nitrogens is 1. The molecule has 86 valence electrons. The van der Waals surface area contributed by atoms with E-state index in [0.717, 1.165) is 22.7 Å².